The summed E-state index contributed by atoms with van der Waals surface area (Å²) in [5.74, 6) is -0.222. The minimum atomic E-state index is -0.338. The number of anilines is 3. The lowest BCUT2D eigenvalue weighted by Crippen LogP contribution is -2.29. The molecule has 7 heteroatoms. The van der Waals surface area contributed by atoms with Gasteiger partial charge in [-0.1, -0.05) is 54.6 Å². The number of rotatable bonds is 8. The maximum absolute atomic E-state index is 13.1. The Bertz CT molecular complexity index is 1520. The number of hydrogen-bond acceptors (Lipinski definition) is 6. The van der Waals surface area contributed by atoms with Gasteiger partial charge in [0.05, 0.1) is 5.69 Å². The van der Waals surface area contributed by atoms with Gasteiger partial charge in [-0.3, -0.25) is 19.3 Å². The van der Waals surface area contributed by atoms with E-state index in [4.69, 9.17) is 4.74 Å². The lowest BCUT2D eigenvalue weighted by Gasteiger charge is -2.25. The first-order valence-corrected chi connectivity index (χ1v) is 12.5. The van der Waals surface area contributed by atoms with Gasteiger partial charge in [-0.15, -0.1) is 0 Å². The maximum Gasteiger partial charge on any atom is 0.305 e. The number of carbonyl (C=O) groups is 3. The summed E-state index contributed by atoms with van der Waals surface area (Å²) in [7, 11) is 0. The molecule has 1 fully saturated rings. The number of carbonyl (C=O) groups excluding carboxylic acids is 3. The Labute approximate surface area is 226 Å². The van der Waals surface area contributed by atoms with Crippen LogP contribution in [0.2, 0.25) is 0 Å². The van der Waals surface area contributed by atoms with Gasteiger partial charge in [-0.05, 0) is 67.1 Å². The number of aliphatic imine (C=N–C) groups is 1. The van der Waals surface area contributed by atoms with Gasteiger partial charge in [0.25, 0.3) is 5.91 Å². The Morgan fingerprint density at radius 3 is 1.92 bits per heavy atom. The van der Waals surface area contributed by atoms with E-state index in [0.717, 1.165) is 22.6 Å². The molecular weight excluding hydrogens is 490 g/mol. The zero-order valence-corrected chi connectivity index (χ0v) is 21.2. The molecule has 1 aliphatic heterocycles. The smallest absolute Gasteiger partial charge is 0.305 e. The molecule has 0 spiro atoms. The van der Waals surface area contributed by atoms with Crippen LogP contribution in [0.15, 0.2) is 114 Å². The van der Waals surface area contributed by atoms with Gasteiger partial charge in [-0.2, -0.15) is 4.99 Å². The number of amidine groups is 1. The lowest BCUT2D eigenvalue weighted by atomic mass is 10.1. The van der Waals surface area contributed by atoms with Crippen molar-refractivity contribution in [2.75, 3.05) is 11.4 Å². The van der Waals surface area contributed by atoms with Crippen LogP contribution in [0.5, 0.6) is 0 Å². The molecule has 0 radical (unpaired) electrons. The molecular formula is C32H25N3O4. The Morgan fingerprint density at radius 2 is 1.36 bits per heavy atom. The topological polar surface area (TPSA) is 79.3 Å². The summed E-state index contributed by atoms with van der Waals surface area (Å²) in [6.45, 7) is 2.12. The first-order valence-electron chi connectivity index (χ1n) is 12.5. The molecule has 1 heterocycles. The van der Waals surface area contributed by atoms with Crippen LogP contribution >= 0.6 is 0 Å². The van der Waals surface area contributed by atoms with Crippen LogP contribution in [0.25, 0.3) is 6.08 Å². The van der Waals surface area contributed by atoms with Crippen LogP contribution in [0, 0.1) is 0 Å². The highest BCUT2D eigenvalue weighted by molar-refractivity contribution is 6.12. The van der Waals surface area contributed by atoms with E-state index in [-0.39, 0.29) is 28.9 Å². The Hall–Kier alpha value is -5.30. The third-order valence-corrected chi connectivity index (χ3v) is 6.22. The number of nitrogens with zero attached hydrogens (tertiary/aromatic N) is 3. The fourth-order valence-electron chi connectivity index (χ4n) is 4.28. The summed E-state index contributed by atoms with van der Waals surface area (Å²) in [5.41, 5.74) is 4.69. The quantitative estimate of drug-likeness (QED) is 0.193. The highest BCUT2D eigenvalue weighted by Crippen LogP contribution is 2.34. The first-order chi connectivity index (χ1) is 19.1. The minimum absolute atomic E-state index is 0.0517. The van der Waals surface area contributed by atoms with Crippen molar-refractivity contribution in [3.8, 4) is 0 Å². The fraction of sp³-hybridized carbons (Fsp3) is 0.0625. The highest BCUT2D eigenvalue weighted by Gasteiger charge is 2.34. The fourth-order valence-corrected chi connectivity index (χ4v) is 4.28. The number of hydrogen-bond donors (Lipinski definition) is 0. The predicted octanol–water partition coefficient (Wildman–Crippen LogP) is 6.69. The standard InChI is InChI=1S/C32H25N3O4/c1-2-34-31(38)30(39-32(34)33-29-19-24(21-36)13-16-25(29)22-37)20-23-14-17-28(18-15-23)35(26-9-5-3-6-10-26)27-11-7-4-8-12-27/h3-22H,2H2,1H3/b30-20+,33-32+. The number of para-hydroxylation sites is 2. The molecule has 39 heavy (non-hydrogen) atoms. The number of ether oxygens (including phenoxy) is 1. The molecule has 1 saturated heterocycles. The van der Waals surface area contributed by atoms with E-state index in [1.807, 2.05) is 60.7 Å². The van der Waals surface area contributed by atoms with Crippen LogP contribution in [0.3, 0.4) is 0 Å². The number of amides is 1. The van der Waals surface area contributed by atoms with Gasteiger partial charge in [0.2, 0.25) is 0 Å². The van der Waals surface area contributed by atoms with E-state index < -0.39 is 0 Å². The molecule has 7 nitrogen and oxygen atoms in total. The van der Waals surface area contributed by atoms with Gasteiger partial charge in [0.15, 0.2) is 12.0 Å². The van der Waals surface area contributed by atoms with E-state index in [1.165, 1.54) is 23.1 Å². The van der Waals surface area contributed by atoms with Crippen LogP contribution in [-0.4, -0.2) is 35.9 Å². The van der Waals surface area contributed by atoms with Gasteiger partial charge < -0.3 is 9.64 Å². The predicted molar refractivity (Wildman–Crippen MR) is 152 cm³/mol. The average Bonchev–Trinajstić information content (AvgIpc) is 3.28. The molecule has 0 aromatic heterocycles. The Balaban J connectivity index is 1.45. The van der Waals surface area contributed by atoms with Crippen molar-refractivity contribution in [1.29, 1.82) is 0 Å². The van der Waals surface area contributed by atoms with Crippen molar-refractivity contribution in [2.24, 2.45) is 4.99 Å². The van der Waals surface area contributed by atoms with Crippen molar-refractivity contribution in [2.45, 2.75) is 6.92 Å². The summed E-state index contributed by atoms with van der Waals surface area (Å²) in [5, 5.41) is 0. The highest BCUT2D eigenvalue weighted by atomic mass is 16.5. The third kappa shape index (κ3) is 5.38. The SMILES string of the molecule is CCN1C(=O)/C(=C\c2ccc(N(c3ccccc3)c3ccccc3)cc2)O/C1=N/c1cc(C=O)ccc1C=O. The summed E-state index contributed by atoms with van der Waals surface area (Å²) in [4.78, 5) is 43.7. The van der Waals surface area contributed by atoms with Crippen molar-refractivity contribution in [3.63, 3.8) is 0 Å². The van der Waals surface area contributed by atoms with Crippen molar-refractivity contribution >= 4 is 53.3 Å². The second-order valence-electron chi connectivity index (χ2n) is 8.71. The van der Waals surface area contributed by atoms with E-state index in [0.29, 0.717) is 24.7 Å². The molecule has 0 atom stereocenters. The Kier molecular flexibility index (Phi) is 7.41. The normalized spacial score (nSPS) is 14.9. The third-order valence-electron chi connectivity index (χ3n) is 6.22. The number of likely N-dealkylation sites (N-methyl/N-ethyl adjacent to an activating group) is 1. The molecule has 192 valence electrons. The number of benzene rings is 4. The van der Waals surface area contributed by atoms with Gasteiger partial charge in [0, 0.05) is 34.7 Å². The monoisotopic (exact) mass is 515 g/mol. The molecule has 4 aromatic carbocycles. The molecule has 4 aromatic rings. The molecule has 0 aliphatic carbocycles. The second kappa shape index (κ2) is 11.4. The largest absolute Gasteiger partial charge is 0.419 e. The molecule has 1 amide bonds. The van der Waals surface area contributed by atoms with Gasteiger partial charge >= 0.3 is 6.02 Å². The summed E-state index contributed by atoms with van der Waals surface area (Å²) >= 11 is 0. The number of aldehydes is 2. The van der Waals surface area contributed by atoms with Crippen molar-refractivity contribution in [1.82, 2.24) is 4.90 Å². The van der Waals surface area contributed by atoms with Crippen LogP contribution in [0.4, 0.5) is 22.7 Å². The zero-order valence-electron chi connectivity index (χ0n) is 21.2. The van der Waals surface area contributed by atoms with Crippen molar-refractivity contribution < 1.29 is 19.1 Å². The van der Waals surface area contributed by atoms with Gasteiger partial charge in [-0.25, -0.2) is 0 Å². The molecule has 0 saturated carbocycles. The van der Waals surface area contributed by atoms with E-state index >= 15 is 0 Å². The summed E-state index contributed by atoms with van der Waals surface area (Å²) < 4.78 is 5.85. The molecule has 0 N–H and O–H groups in total. The van der Waals surface area contributed by atoms with Crippen LogP contribution in [-0.2, 0) is 9.53 Å². The van der Waals surface area contributed by atoms with Crippen LogP contribution < -0.4 is 4.90 Å². The molecule has 5 rings (SSSR count). The average molecular weight is 516 g/mol. The van der Waals surface area contributed by atoms with Crippen LogP contribution in [0.1, 0.15) is 33.2 Å². The maximum atomic E-state index is 13.1. The van der Waals surface area contributed by atoms with Gasteiger partial charge in [0.1, 0.15) is 6.29 Å². The molecule has 1 aliphatic rings. The first kappa shape index (κ1) is 25.4. The summed E-state index contributed by atoms with van der Waals surface area (Å²) in [6.07, 6.45) is 2.98. The zero-order chi connectivity index (χ0) is 27.2. The van der Waals surface area contributed by atoms with Crippen molar-refractivity contribution in [3.05, 3.63) is 126 Å². The van der Waals surface area contributed by atoms with E-state index in [1.54, 1.807) is 13.0 Å². The second-order valence-corrected chi connectivity index (χ2v) is 8.71. The lowest BCUT2D eigenvalue weighted by molar-refractivity contribution is -0.122. The van der Waals surface area contributed by atoms with E-state index in [2.05, 4.69) is 34.2 Å². The molecule has 0 bridgehead atoms. The van der Waals surface area contributed by atoms with E-state index in [9.17, 15) is 14.4 Å². The molecule has 0 unspecified atom stereocenters. The Morgan fingerprint density at radius 1 is 0.769 bits per heavy atom. The minimum Gasteiger partial charge on any atom is -0.419 e. The summed E-state index contributed by atoms with van der Waals surface area (Å²) in [6, 6.07) is 32.5.